The van der Waals surface area contributed by atoms with Crippen molar-refractivity contribution in [2.45, 2.75) is 6.61 Å². The molecule has 1 aromatic heterocycles. The Kier molecular flexibility index (Phi) is 2.24. The molecule has 0 fully saturated rings. The van der Waals surface area contributed by atoms with Gasteiger partial charge in [-0.2, -0.15) is 0 Å². The standard InChI is InChI=1S/C5H6BrNO2/c1-8-2-4-3-9-5(6)7-4/h3H,2H2,1H3. The molecule has 0 radical (unpaired) electrons. The molecule has 4 heteroatoms. The number of aromatic nitrogens is 1. The lowest BCUT2D eigenvalue weighted by Gasteiger charge is -1.86. The summed E-state index contributed by atoms with van der Waals surface area (Å²) in [5.74, 6) is 0. The highest BCUT2D eigenvalue weighted by Crippen LogP contribution is 2.08. The maximum absolute atomic E-state index is 4.84. The molecule has 1 aromatic rings. The molecule has 50 valence electrons. The average molecular weight is 192 g/mol. The number of oxazole rings is 1. The predicted molar refractivity (Wildman–Crippen MR) is 34.9 cm³/mol. The number of nitrogens with zero attached hydrogens (tertiary/aromatic N) is 1. The van der Waals surface area contributed by atoms with Crippen LogP contribution in [-0.4, -0.2) is 12.1 Å². The van der Waals surface area contributed by atoms with Gasteiger partial charge in [-0.3, -0.25) is 0 Å². The molecule has 3 nitrogen and oxygen atoms in total. The van der Waals surface area contributed by atoms with Crippen LogP contribution in [0, 0.1) is 0 Å². The summed E-state index contributed by atoms with van der Waals surface area (Å²) in [5.41, 5.74) is 0.796. The largest absolute Gasteiger partial charge is 0.439 e. The lowest BCUT2D eigenvalue weighted by Crippen LogP contribution is -1.85. The van der Waals surface area contributed by atoms with Crippen molar-refractivity contribution in [1.29, 1.82) is 0 Å². The summed E-state index contributed by atoms with van der Waals surface area (Å²) in [4.78, 5) is 4.42. The van der Waals surface area contributed by atoms with Crippen molar-refractivity contribution in [3.63, 3.8) is 0 Å². The van der Waals surface area contributed by atoms with E-state index in [0.29, 0.717) is 11.4 Å². The maximum atomic E-state index is 4.84. The number of ether oxygens (including phenoxy) is 1. The first-order chi connectivity index (χ1) is 4.33. The zero-order valence-electron chi connectivity index (χ0n) is 4.93. The second kappa shape index (κ2) is 2.98. The number of methoxy groups -OCH3 is 1. The highest BCUT2D eigenvalue weighted by Gasteiger charge is 1.97. The zero-order valence-corrected chi connectivity index (χ0v) is 6.51. The van der Waals surface area contributed by atoms with Crippen molar-refractivity contribution >= 4 is 15.9 Å². The summed E-state index contributed by atoms with van der Waals surface area (Å²) in [6, 6.07) is 0. The molecule has 0 saturated carbocycles. The van der Waals surface area contributed by atoms with Crippen LogP contribution >= 0.6 is 15.9 Å². The maximum Gasteiger partial charge on any atom is 0.264 e. The summed E-state index contributed by atoms with van der Waals surface area (Å²) in [5, 5.41) is 0. The Morgan fingerprint density at radius 3 is 3.11 bits per heavy atom. The minimum Gasteiger partial charge on any atom is -0.439 e. The second-order valence-electron chi connectivity index (χ2n) is 1.52. The molecular formula is C5H6BrNO2. The van der Waals surface area contributed by atoms with E-state index in [1.165, 1.54) is 0 Å². The van der Waals surface area contributed by atoms with Crippen LogP contribution in [0.2, 0.25) is 0 Å². The van der Waals surface area contributed by atoms with Gasteiger partial charge in [0.25, 0.3) is 4.80 Å². The molecule has 0 atom stereocenters. The topological polar surface area (TPSA) is 35.3 Å². The van der Waals surface area contributed by atoms with Crippen molar-refractivity contribution in [2.75, 3.05) is 7.11 Å². The van der Waals surface area contributed by atoms with Crippen LogP contribution in [0.25, 0.3) is 0 Å². The molecule has 0 amide bonds. The van der Waals surface area contributed by atoms with Crippen molar-refractivity contribution in [3.05, 3.63) is 16.8 Å². The highest BCUT2D eigenvalue weighted by atomic mass is 79.9. The molecule has 0 aliphatic heterocycles. The van der Waals surface area contributed by atoms with Crippen LogP contribution < -0.4 is 0 Å². The van der Waals surface area contributed by atoms with E-state index in [1.807, 2.05) is 0 Å². The first-order valence-electron chi connectivity index (χ1n) is 2.42. The van der Waals surface area contributed by atoms with Gasteiger partial charge in [0, 0.05) is 23.0 Å². The van der Waals surface area contributed by atoms with Crippen LogP contribution in [-0.2, 0) is 11.3 Å². The fourth-order valence-electron chi connectivity index (χ4n) is 0.496. The normalized spacial score (nSPS) is 10.0. The molecule has 0 N–H and O–H groups in total. The SMILES string of the molecule is COCc1coc(Br)n1. The van der Waals surface area contributed by atoms with E-state index in [9.17, 15) is 0 Å². The van der Waals surface area contributed by atoms with Crippen molar-refractivity contribution in [3.8, 4) is 0 Å². The van der Waals surface area contributed by atoms with E-state index >= 15 is 0 Å². The van der Waals surface area contributed by atoms with Gasteiger partial charge in [0.2, 0.25) is 0 Å². The van der Waals surface area contributed by atoms with Crippen molar-refractivity contribution in [1.82, 2.24) is 4.98 Å². The Balaban J connectivity index is 2.61. The third-order valence-electron chi connectivity index (χ3n) is 0.816. The first-order valence-corrected chi connectivity index (χ1v) is 3.21. The summed E-state index contributed by atoms with van der Waals surface area (Å²) in [6.07, 6.45) is 1.55. The molecule has 0 unspecified atom stereocenters. The highest BCUT2D eigenvalue weighted by molar-refractivity contribution is 9.10. The average Bonchev–Trinajstić information content (AvgIpc) is 2.17. The Bertz CT molecular complexity index is 187. The molecule has 1 heterocycles. The summed E-state index contributed by atoms with van der Waals surface area (Å²) >= 11 is 3.07. The van der Waals surface area contributed by atoms with Gasteiger partial charge in [0.15, 0.2) is 0 Å². The van der Waals surface area contributed by atoms with Crippen LogP contribution in [0.3, 0.4) is 0 Å². The van der Waals surface area contributed by atoms with Gasteiger partial charge >= 0.3 is 0 Å². The number of halogens is 1. The molecular weight excluding hydrogens is 186 g/mol. The monoisotopic (exact) mass is 191 g/mol. The Morgan fingerprint density at radius 1 is 1.89 bits per heavy atom. The summed E-state index contributed by atoms with van der Waals surface area (Å²) in [6.45, 7) is 0.495. The fraction of sp³-hybridized carbons (Fsp3) is 0.400. The van der Waals surface area contributed by atoms with Crippen molar-refractivity contribution < 1.29 is 9.15 Å². The molecule has 0 bridgehead atoms. The van der Waals surface area contributed by atoms with E-state index in [1.54, 1.807) is 13.4 Å². The minimum absolute atomic E-state index is 0.495. The quantitative estimate of drug-likeness (QED) is 0.713. The minimum atomic E-state index is 0.495. The van der Waals surface area contributed by atoms with E-state index in [4.69, 9.17) is 9.15 Å². The zero-order chi connectivity index (χ0) is 6.69. The van der Waals surface area contributed by atoms with Gasteiger partial charge < -0.3 is 9.15 Å². The third kappa shape index (κ3) is 1.80. The van der Waals surface area contributed by atoms with Crippen LogP contribution in [0.1, 0.15) is 5.69 Å². The van der Waals surface area contributed by atoms with E-state index in [-0.39, 0.29) is 0 Å². The molecule has 1 rings (SSSR count). The molecule has 0 aliphatic rings. The second-order valence-corrected chi connectivity index (χ2v) is 2.20. The lowest BCUT2D eigenvalue weighted by molar-refractivity contribution is 0.181. The van der Waals surface area contributed by atoms with Crippen LogP contribution in [0.4, 0.5) is 0 Å². The van der Waals surface area contributed by atoms with Crippen LogP contribution in [0.5, 0.6) is 0 Å². The Morgan fingerprint density at radius 2 is 2.67 bits per heavy atom. The van der Waals surface area contributed by atoms with E-state index in [2.05, 4.69) is 20.9 Å². The first kappa shape index (κ1) is 6.77. The Hall–Kier alpha value is -0.350. The molecule has 0 saturated heterocycles. The van der Waals surface area contributed by atoms with Gasteiger partial charge in [0.1, 0.15) is 12.0 Å². The van der Waals surface area contributed by atoms with Crippen molar-refractivity contribution in [2.24, 2.45) is 0 Å². The van der Waals surface area contributed by atoms with Gasteiger partial charge in [-0.15, -0.1) is 0 Å². The van der Waals surface area contributed by atoms with E-state index in [0.717, 1.165) is 5.69 Å². The molecule has 0 spiro atoms. The summed E-state index contributed by atoms with van der Waals surface area (Å²) < 4.78 is 9.64. The van der Waals surface area contributed by atoms with Gasteiger partial charge in [-0.1, -0.05) is 0 Å². The third-order valence-corrected chi connectivity index (χ3v) is 1.18. The smallest absolute Gasteiger partial charge is 0.264 e. The van der Waals surface area contributed by atoms with Crippen LogP contribution in [0.15, 0.2) is 15.5 Å². The van der Waals surface area contributed by atoms with Gasteiger partial charge in [-0.05, 0) is 0 Å². The van der Waals surface area contributed by atoms with Gasteiger partial charge in [0.05, 0.1) is 6.61 Å². The molecule has 0 aliphatic carbocycles. The van der Waals surface area contributed by atoms with E-state index < -0.39 is 0 Å². The predicted octanol–water partition coefficient (Wildman–Crippen LogP) is 1.58. The fourth-order valence-corrected chi connectivity index (χ4v) is 0.818. The van der Waals surface area contributed by atoms with Gasteiger partial charge in [-0.25, -0.2) is 4.98 Å². The number of rotatable bonds is 2. The molecule has 0 aromatic carbocycles. The lowest BCUT2D eigenvalue weighted by atomic mass is 10.5. The summed E-state index contributed by atoms with van der Waals surface area (Å²) in [7, 11) is 1.61. The number of hydrogen-bond acceptors (Lipinski definition) is 3. The molecule has 9 heavy (non-hydrogen) atoms. The Labute approximate surface area is 61.2 Å². The number of hydrogen-bond donors (Lipinski definition) is 0.